The molecule has 0 aliphatic carbocycles. The lowest BCUT2D eigenvalue weighted by Gasteiger charge is -2.18. The quantitative estimate of drug-likeness (QED) is 0.639. The fourth-order valence-corrected chi connectivity index (χ4v) is 1.37. The van der Waals surface area contributed by atoms with Crippen molar-refractivity contribution in [3.05, 3.63) is 0 Å². The second kappa shape index (κ2) is 7.77. The molecular formula is C10H23BrN2. The number of nitrogens with zero attached hydrogens (tertiary/aromatic N) is 2. The highest BCUT2D eigenvalue weighted by molar-refractivity contribution is 9.09. The van der Waals surface area contributed by atoms with Crippen LogP contribution in [0.25, 0.3) is 0 Å². The molecule has 2 nitrogen and oxygen atoms in total. The van der Waals surface area contributed by atoms with Crippen LogP contribution in [0.5, 0.6) is 0 Å². The standard InChI is InChI=1S/C10H23BrN2/c1-10(11)6-9-13(4)8-5-7-12(2)3/h10H,5-9H2,1-4H3. The summed E-state index contributed by atoms with van der Waals surface area (Å²) in [5.74, 6) is 0. The van der Waals surface area contributed by atoms with E-state index in [9.17, 15) is 0 Å². The van der Waals surface area contributed by atoms with E-state index < -0.39 is 0 Å². The van der Waals surface area contributed by atoms with Crippen LogP contribution in [0.3, 0.4) is 0 Å². The summed E-state index contributed by atoms with van der Waals surface area (Å²) in [4.78, 5) is 5.28. The van der Waals surface area contributed by atoms with Crippen molar-refractivity contribution < 1.29 is 0 Å². The third-order valence-corrected chi connectivity index (χ3v) is 2.51. The molecule has 80 valence electrons. The molecule has 0 aliphatic heterocycles. The molecule has 0 aromatic heterocycles. The molecule has 0 heterocycles. The monoisotopic (exact) mass is 250 g/mol. The molecular weight excluding hydrogens is 228 g/mol. The average molecular weight is 251 g/mol. The van der Waals surface area contributed by atoms with Crippen LogP contribution in [0.1, 0.15) is 19.8 Å². The van der Waals surface area contributed by atoms with Crippen LogP contribution >= 0.6 is 15.9 Å². The molecule has 0 saturated heterocycles. The highest BCUT2D eigenvalue weighted by Crippen LogP contribution is 2.03. The van der Waals surface area contributed by atoms with Crippen molar-refractivity contribution in [2.24, 2.45) is 0 Å². The van der Waals surface area contributed by atoms with Gasteiger partial charge in [0.25, 0.3) is 0 Å². The van der Waals surface area contributed by atoms with Crippen LogP contribution in [-0.2, 0) is 0 Å². The Morgan fingerprint density at radius 1 is 1.08 bits per heavy atom. The molecule has 0 bridgehead atoms. The summed E-state index contributed by atoms with van der Waals surface area (Å²) in [6, 6.07) is 0. The molecule has 1 atom stereocenters. The van der Waals surface area contributed by atoms with Crippen LogP contribution in [0.2, 0.25) is 0 Å². The van der Waals surface area contributed by atoms with E-state index in [1.54, 1.807) is 0 Å². The van der Waals surface area contributed by atoms with Crippen LogP contribution in [0.4, 0.5) is 0 Å². The van der Waals surface area contributed by atoms with Crippen molar-refractivity contribution in [3.8, 4) is 0 Å². The predicted octanol–water partition coefficient (Wildman–Crippen LogP) is 2.04. The highest BCUT2D eigenvalue weighted by atomic mass is 79.9. The van der Waals surface area contributed by atoms with Crippen LogP contribution in [-0.4, -0.2) is 55.4 Å². The van der Waals surface area contributed by atoms with Gasteiger partial charge in [0.2, 0.25) is 0 Å². The number of alkyl halides is 1. The van der Waals surface area contributed by atoms with E-state index in [4.69, 9.17) is 0 Å². The summed E-state index contributed by atoms with van der Waals surface area (Å²) < 4.78 is 0. The Morgan fingerprint density at radius 3 is 2.15 bits per heavy atom. The van der Waals surface area contributed by atoms with Crippen molar-refractivity contribution in [2.75, 3.05) is 40.8 Å². The molecule has 0 spiro atoms. The largest absolute Gasteiger partial charge is 0.309 e. The van der Waals surface area contributed by atoms with Gasteiger partial charge in [-0.25, -0.2) is 0 Å². The molecule has 0 rings (SSSR count). The minimum Gasteiger partial charge on any atom is -0.309 e. The zero-order chi connectivity index (χ0) is 10.3. The van der Waals surface area contributed by atoms with Gasteiger partial charge >= 0.3 is 0 Å². The number of rotatable bonds is 7. The van der Waals surface area contributed by atoms with Crippen molar-refractivity contribution >= 4 is 15.9 Å². The maximum absolute atomic E-state index is 3.56. The van der Waals surface area contributed by atoms with Gasteiger partial charge in [0.1, 0.15) is 0 Å². The van der Waals surface area contributed by atoms with E-state index in [2.05, 4.69) is 53.8 Å². The Labute approximate surface area is 91.4 Å². The van der Waals surface area contributed by atoms with E-state index in [0.29, 0.717) is 4.83 Å². The van der Waals surface area contributed by atoms with Gasteiger partial charge in [-0.3, -0.25) is 0 Å². The molecule has 0 radical (unpaired) electrons. The van der Waals surface area contributed by atoms with E-state index in [-0.39, 0.29) is 0 Å². The van der Waals surface area contributed by atoms with Gasteiger partial charge in [-0.05, 0) is 53.6 Å². The number of halogens is 1. The zero-order valence-corrected chi connectivity index (χ0v) is 11.0. The molecule has 0 aliphatic rings. The van der Waals surface area contributed by atoms with E-state index in [1.807, 2.05) is 0 Å². The maximum Gasteiger partial charge on any atom is 0.0129 e. The van der Waals surface area contributed by atoms with E-state index >= 15 is 0 Å². The van der Waals surface area contributed by atoms with Crippen LogP contribution < -0.4 is 0 Å². The van der Waals surface area contributed by atoms with Gasteiger partial charge in [0.05, 0.1) is 0 Å². The van der Waals surface area contributed by atoms with Gasteiger partial charge < -0.3 is 9.80 Å². The molecule has 0 saturated carbocycles. The van der Waals surface area contributed by atoms with Crippen molar-refractivity contribution in [1.82, 2.24) is 9.80 Å². The Hall–Kier alpha value is 0.400. The lowest BCUT2D eigenvalue weighted by Crippen LogP contribution is -2.25. The topological polar surface area (TPSA) is 6.48 Å². The molecule has 0 N–H and O–H groups in total. The molecule has 0 aromatic carbocycles. The predicted molar refractivity (Wildman–Crippen MR) is 63.7 cm³/mol. The van der Waals surface area contributed by atoms with Gasteiger partial charge in [0, 0.05) is 4.83 Å². The van der Waals surface area contributed by atoms with Gasteiger partial charge in [-0.1, -0.05) is 22.9 Å². The minimum absolute atomic E-state index is 0.642. The lowest BCUT2D eigenvalue weighted by atomic mass is 10.3. The Balaban J connectivity index is 3.25. The summed E-state index contributed by atoms with van der Waals surface area (Å²) in [5.41, 5.74) is 0. The third kappa shape index (κ3) is 10.3. The van der Waals surface area contributed by atoms with E-state index in [0.717, 1.165) is 0 Å². The first kappa shape index (κ1) is 13.4. The van der Waals surface area contributed by atoms with E-state index in [1.165, 1.54) is 32.5 Å². The molecule has 13 heavy (non-hydrogen) atoms. The van der Waals surface area contributed by atoms with Crippen LogP contribution in [0.15, 0.2) is 0 Å². The Bertz CT molecular complexity index is 115. The van der Waals surface area contributed by atoms with Gasteiger partial charge in [0.15, 0.2) is 0 Å². The molecule has 0 amide bonds. The average Bonchev–Trinajstić information content (AvgIpc) is 2.00. The van der Waals surface area contributed by atoms with Crippen molar-refractivity contribution in [1.29, 1.82) is 0 Å². The Morgan fingerprint density at radius 2 is 1.69 bits per heavy atom. The fraction of sp³-hybridized carbons (Fsp3) is 1.00. The molecule has 0 fully saturated rings. The first-order valence-electron chi connectivity index (χ1n) is 4.99. The summed E-state index contributed by atoms with van der Waals surface area (Å²) in [5, 5.41) is 0. The summed E-state index contributed by atoms with van der Waals surface area (Å²) in [6.07, 6.45) is 2.50. The lowest BCUT2D eigenvalue weighted by molar-refractivity contribution is 0.298. The summed E-state index contributed by atoms with van der Waals surface area (Å²) >= 11 is 3.56. The SMILES string of the molecule is CC(Br)CCN(C)CCCN(C)C. The van der Waals surface area contributed by atoms with Crippen molar-refractivity contribution in [3.63, 3.8) is 0 Å². The summed E-state index contributed by atoms with van der Waals surface area (Å²) in [6.45, 7) is 5.79. The molecule has 1 unspecified atom stereocenters. The third-order valence-electron chi connectivity index (χ3n) is 2.05. The first-order chi connectivity index (χ1) is 6.02. The Kier molecular flexibility index (Phi) is 8.01. The molecule has 3 heteroatoms. The highest BCUT2D eigenvalue weighted by Gasteiger charge is 2.01. The van der Waals surface area contributed by atoms with Gasteiger partial charge in [-0.2, -0.15) is 0 Å². The molecule has 0 aromatic rings. The zero-order valence-electron chi connectivity index (χ0n) is 9.39. The minimum atomic E-state index is 0.642. The number of hydrogen-bond acceptors (Lipinski definition) is 2. The summed E-state index contributed by atoms with van der Waals surface area (Å²) in [7, 11) is 6.45. The van der Waals surface area contributed by atoms with Crippen molar-refractivity contribution in [2.45, 2.75) is 24.6 Å². The second-order valence-corrected chi connectivity index (χ2v) is 5.59. The maximum atomic E-state index is 3.56. The van der Waals surface area contributed by atoms with Crippen LogP contribution in [0, 0.1) is 0 Å². The smallest absolute Gasteiger partial charge is 0.0129 e. The normalized spacial score (nSPS) is 14.1. The fourth-order valence-electron chi connectivity index (χ4n) is 1.17. The van der Waals surface area contributed by atoms with Gasteiger partial charge in [-0.15, -0.1) is 0 Å². The second-order valence-electron chi connectivity index (χ2n) is 4.03. The first-order valence-corrected chi connectivity index (χ1v) is 5.91. The number of hydrogen-bond donors (Lipinski definition) is 0.